The van der Waals surface area contributed by atoms with Crippen molar-refractivity contribution >= 4 is 11.7 Å². The SMILES string of the molecule is CC(C)CC(=O)N1CCC(=O)C1. The summed E-state index contributed by atoms with van der Waals surface area (Å²) in [6.45, 7) is 4.99. The molecule has 1 amide bonds. The standard InChI is InChI=1S/C9H15NO2/c1-7(2)5-9(12)10-4-3-8(11)6-10/h7H,3-6H2,1-2H3. The fourth-order valence-electron chi connectivity index (χ4n) is 1.32. The zero-order valence-electron chi connectivity index (χ0n) is 7.67. The van der Waals surface area contributed by atoms with E-state index in [9.17, 15) is 9.59 Å². The molecular formula is C9H15NO2. The van der Waals surface area contributed by atoms with Crippen molar-refractivity contribution in [2.45, 2.75) is 26.7 Å². The maximum absolute atomic E-state index is 11.4. The largest absolute Gasteiger partial charge is 0.335 e. The van der Waals surface area contributed by atoms with Crippen LogP contribution in [-0.4, -0.2) is 29.7 Å². The lowest BCUT2D eigenvalue weighted by Gasteiger charge is -2.15. The third kappa shape index (κ3) is 2.32. The van der Waals surface area contributed by atoms with E-state index < -0.39 is 0 Å². The van der Waals surface area contributed by atoms with Crippen LogP contribution >= 0.6 is 0 Å². The average molecular weight is 169 g/mol. The number of carbonyl (C=O) groups is 2. The Hall–Kier alpha value is -0.860. The zero-order chi connectivity index (χ0) is 9.14. The van der Waals surface area contributed by atoms with Gasteiger partial charge in [0.15, 0.2) is 5.78 Å². The van der Waals surface area contributed by atoms with Gasteiger partial charge in [-0.1, -0.05) is 13.8 Å². The lowest BCUT2D eigenvalue weighted by molar-refractivity contribution is -0.132. The predicted molar refractivity (Wildman–Crippen MR) is 45.7 cm³/mol. The molecule has 1 rings (SSSR count). The van der Waals surface area contributed by atoms with Gasteiger partial charge in [0.1, 0.15) is 0 Å². The molecule has 0 aromatic carbocycles. The molecule has 0 spiro atoms. The van der Waals surface area contributed by atoms with Crippen LogP contribution in [0.25, 0.3) is 0 Å². The molecule has 0 unspecified atom stereocenters. The van der Waals surface area contributed by atoms with E-state index in [-0.39, 0.29) is 11.7 Å². The molecule has 1 fully saturated rings. The highest BCUT2D eigenvalue weighted by atomic mass is 16.2. The molecule has 3 heteroatoms. The number of ketones is 1. The Kier molecular flexibility index (Phi) is 2.84. The van der Waals surface area contributed by atoms with Gasteiger partial charge in [0.05, 0.1) is 6.54 Å². The first-order chi connectivity index (χ1) is 5.59. The maximum Gasteiger partial charge on any atom is 0.223 e. The molecule has 1 heterocycles. The molecule has 0 saturated carbocycles. The van der Waals surface area contributed by atoms with Gasteiger partial charge in [-0.2, -0.15) is 0 Å². The van der Waals surface area contributed by atoms with Crippen molar-refractivity contribution < 1.29 is 9.59 Å². The summed E-state index contributed by atoms with van der Waals surface area (Å²) in [4.78, 5) is 23.9. The van der Waals surface area contributed by atoms with Crippen molar-refractivity contribution in [1.29, 1.82) is 0 Å². The molecule has 1 aliphatic heterocycles. The van der Waals surface area contributed by atoms with Gasteiger partial charge in [-0.25, -0.2) is 0 Å². The van der Waals surface area contributed by atoms with E-state index >= 15 is 0 Å². The van der Waals surface area contributed by atoms with Crippen molar-refractivity contribution in [2.24, 2.45) is 5.92 Å². The monoisotopic (exact) mass is 169 g/mol. The number of rotatable bonds is 2. The third-order valence-corrected chi connectivity index (χ3v) is 1.96. The van der Waals surface area contributed by atoms with Gasteiger partial charge < -0.3 is 4.90 Å². The van der Waals surface area contributed by atoms with E-state index in [0.29, 0.717) is 31.8 Å². The predicted octanol–water partition coefficient (Wildman–Crippen LogP) is 0.834. The molecule has 0 aromatic heterocycles. The van der Waals surface area contributed by atoms with Gasteiger partial charge in [0.2, 0.25) is 5.91 Å². The Balaban J connectivity index is 2.38. The topological polar surface area (TPSA) is 37.4 Å². The fraction of sp³-hybridized carbons (Fsp3) is 0.778. The number of amides is 1. The summed E-state index contributed by atoms with van der Waals surface area (Å²) in [7, 11) is 0. The Labute approximate surface area is 72.7 Å². The highest BCUT2D eigenvalue weighted by molar-refractivity contribution is 5.89. The molecule has 0 bridgehead atoms. The second kappa shape index (κ2) is 3.70. The highest BCUT2D eigenvalue weighted by Gasteiger charge is 2.23. The Bertz CT molecular complexity index is 199. The number of Topliss-reactive ketones (excluding diaryl/α,β-unsaturated/α-hetero) is 1. The number of carbonyl (C=O) groups excluding carboxylic acids is 2. The van der Waals surface area contributed by atoms with E-state index in [2.05, 4.69) is 0 Å². The van der Waals surface area contributed by atoms with Crippen molar-refractivity contribution in [3.63, 3.8) is 0 Å². The molecule has 3 nitrogen and oxygen atoms in total. The molecule has 1 saturated heterocycles. The van der Waals surface area contributed by atoms with Gasteiger partial charge in [0, 0.05) is 19.4 Å². The van der Waals surface area contributed by atoms with Crippen LogP contribution < -0.4 is 0 Å². The van der Waals surface area contributed by atoms with Crippen molar-refractivity contribution in [1.82, 2.24) is 4.90 Å². The van der Waals surface area contributed by atoms with Gasteiger partial charge >= 0.3 is 0 Å². The van der Waals surface area contributed by atoms with Crippen LogP contribution in [0.5, 0.6) is 0 Å². The van der Waals surface area contributed by atoms with Crippen molar-refractivity contribution in [3.8, 4) is 0 Å². The van der Waals surface area contributed by atoms with Crippen LogP contribution in [0, 0.1) is 5.92 Å². The second-order valence-electron chi connectivity index (χ2n) is 3.70. The van der Waals surface area contributed by atoms with E-state index in [1.54, 1.807) is 4.90 Å². The van der Waals surface area contributed by atoms with Gasteiger partial charge in [-0.05, 0) is 5.92 Å². The zero-order valence-corrected chi connectivity index (χ0v) is 7.67. The average Bonchev–Trinajstić information content (AvgIpc) is 2.34. The van der Waals surface area contributed by atoms with Crippen LogP contribution in [0.2, 0.25) is 0 Å². The molecule has 0 aliphatic carbocycles. The lowest BCUT2D eigenvalue weighted by atomic mass is 10.1. The van der Waals surface area contributed by atoms with Crippen LogP contribution in [0.3, 0.4) is 0 Å². The van der Waals surface area contributed by atoms with E-state index in [1.807, 2.05) is 13.8 Å². The minimum atomic E-state index is 0.121. The molecular weight excluding hydrogens is 154 g/mol. The van der Waals surface area contributed by atoms with E-state index in [4.69, 9.17) is 0 Å². The van der Waals surface area contributed by atoms with Crippen molar-refractivity contribution in [3.05, 3.63) is 0 Å². The number of likely N-dealkylation sites (tertiary alicyclic amines) is 1. The molecule has 68 valence electrons. The summed E-state index contributed by atoms with van der Waals surface area (Å²) >= 11 is 0. The normalized spacial score (nSPS) is 17.6. The molecule has 12 heavy (non-hydrogen) atoms. The van der Waals surface area contributed by atoms with E-state index in [0.717, 1.165) is 0 Å². The first kappa shape index (κ1) is 9.23. The maximum atomic E-state index is 11.4. The van der Waals surface area contributed by atoms with Crippen LogP contribution in [0.4, 0.5) is 0 Å². The molecule has 1 aliphatic rings. The quantitative estimate of drug-likeness (QED) is 0.614. The Morgan fingerprint density at radius 3 is 2.67 bits per heavy atom. The Morgan fingerprint density at radius 1 is 1.58 bits per heavy atom. The van der Waals surface area contributed by atoms with Gasteiger partial charge in [-0.15, -0.1) is 0 Å². The van der Waals surface area contributed by atoms with Crippen LogP contribution in [0.1, 0.15) is 26.7 Å². The summed E-state index contributed by atoms with van der Waals surface area (Å²) in [5, 5.41) is 0. The number of hydrogen-bond acceptors (Lipinski definition) is 2. The molecule has 0 aromatic rings. The number of nitrogens with zero attached hydrogens (tertiary/aromatic N) is 1. The minimum Gasteiger partial charge on any atom is -0.335 e. The summed E-state index contributed by atoms with van der Waals surface area (Å²) in [6, 6.07) is 0. The minimum absolute atomic E-state index is 0.121. The second-order valence-corrected chi connectivity index (χ2v) is 3.70. The fourth-order valence-corrected chi connectivity index (χ4v) is 1.32. The molecule has 0 radical (unpaired) electrons. The summed E-state index contributed by atoms with van der Waals surface area (Å²) in [5.41, 5.74) is 0. The summed E-state index contributed by atoms with van der Waals surface area (Å²) < 4.78 is 0. The molecule has 0 atom stereocenters. The first-order valence-corrected chi connectivity index (χ1v) is 4.39. The Morgan fingerprint density at radius 2 is 2.25 bits per heavy atom. The summed E-state index contributed by atoms with van der Waals surface area (Å²) in [6.07, 6.45) is 1.11. The third-order valence-electron chi connectivity index (χ3n) is 1.96. The van der Waals surface area contributed by atoms with Crippen LogP contribution in [0.15, 0.2) is 0 Å². The molecule has 0 N–H and O–H groups in total. The smallest absolute Gasteiger partial charge is 0.223 e. The lowest BCUT2D eigenvalue weighted by Crippen LogP contribution is -2.29. The van der Waals surface area contributed by atoms with Gasteiger partial charge in [-0.3, -0.25) is 9.59 Å². The van der Waals surface area contributed by atoms with E-state index in [1.165, 1.54) is 0 Å². The van der Waals surface area contributed by atoms with Crippen LogP contribution in [-0.2, 0) is 9.59 Å². The number of hydrogen-bond donors (Lipinski definition) is 0. The summed E-state index contributed by atoms with van der Waals surface area (Å²) in [5.74, 6) is 0.691. The highest BCUT2D eigenvalue weighted by Crippen LogP contribution is 2.09. The first-order valence-electron chi connectivity index (χ1n) is 4.39. The van der Waals surface area contributed by atoms with Crippen molar-refractivity contribution in [2.75, 3.05) is 13.1 Å². The van der Waals surface area contributed by atoms with Gasteiger partial charge in [0.25, 0.3) is 0 Å².